The number of aromatic nitrogens is 2. The molecule has 6 nitrogen and oxygen atoms in total. The summed E-state index contributed by atoms with van der Waals surface area (Å²) < 4.78 is 1.20. The third-order valence-corrected chi connectivity index (χ3v) is 6.43. The minimum absolute atomic E-state index is 0.150. The van der Waals surface area contributed by atoms with Gasteiger partial charge in [0.1, 0.15) is 0 Å². The van der Waals surface area contributed by atoms with Crippen LogP contribution in [0.25, 0.3) is 0 Å². The van der Waals surface area contributed by atoms with Crippen LogP contribution in [0.3, 0.4) is 0 Å². The van der Waals surface area contributed by atoms with Gasteiger partial charge in [0.05, 0.1) is 0 Å². The van der Waals surface area contributed by atoms with Crippen molar-refractivity contribution < 1.29 is 4.79 Å². The summed E-state index contributed by atoms with van der Waals surface area (Å²) in [5.41, 5.74) is 1.96. The van der Waals surface area contributed by atoms with Gasteiger partial charge in [-0.25, -0.2) is 9.97 Å². The van der Waals surface area contributed by atoms with Crippen LogP contribution in [-0.2, 0) is 0 Å². The zero-order valence-electron chi connectivity index (χ0n) is 14.8. The van der Waals surface area contributed by atoms with Gasteiger partial charge in [0.15, 0.2) is 0 Å². The predicted octanol–water partition coefficient (Wildman–Crippen LogP) is 2.04. The molecule has 2 aromatic rings. The van der Waals surface area contributed by atoms with Gasteiger partial charge in [0.2, 0.25) is 5.95 Å². The smallest absolute Gasteiger partial charge is 0.253 e. The molecule has 4 rings (SSSR count). The minimum Gasteiger partial charge on any atom is -0.338 e. The third-order valence-electron chi connectivity index (χ3n) is 5.22. The van der Waals surface area contributed by atoms with Crippen molar-refractivity contribution in [2.24, 2.45) is 0 Å². The first-order valence-corrected chi connectivity index (χ1v) is 10.0. The molecule has 136 valence electrons. The van der Waals surface area contributed by atoms with Crippen molar-refractivity contribution in [3.8, 4) is 0 Å². The van der Waals surface area contributed by atoms with Crippen molar-refractivity contribution in [2.75, 3.05) is 44.2 Å². The number of likely N-dealkylation sites (tertiary alicyclic amines) is 1. The highest BCUT2D eigenvalue weighted by Crippen LogP contribution is 2.22. The van der Waals surface area contributed by atoms with E-state index in [9.17, 15) is 4.79 Å². The number of hydrogen-bond acceptors (Lipinski definition) is 5. The summed E-state index contributed by atoms with van der Waals surface area (Å²) in [7, 11) is 0. The number of piperazine rings is 1. The van der Waals surface area contributed by atoms with Crippen molar-refractivity contribution in [1.29, 1.82) is 0 Å². The molecule has 1 amide bonds. The summed E-state index contributed by atoms with van der Waals surface area (Å²) in [4.78, 5) is 28.0. The topological polar surface area (TPSA) is 52.6 Å². The van der Waals surface area contributed by atoms with Gasteiger partial charge in [-0.2, -0.15) is 0 Å². The van der Waals surface area contributed by atoms with Crippen LogP contribution in [0.2, 0.25) is 0 Å². The van der Waals surface area contributed by atoms with Crippen LogP contribution in [0.1, 0.15) is 15.9 Å². The van der Waals surface area contributed by atoms with Crippen LogP contribution in [0.15, 0.2) is 36.7 Å². The molecular formula is C19H22IN5O. The highest BCUT2D eigenvalue weighted by molar-refractivity contribution is 14.1. The Bertz CT molecular complexity index is 786. The number of carbonyl (C=O) groups excluding carboxylic acids is 1. The fourth-order valence-corrected chi connectivity index (χ4v) is 3.89. The number of nitrogens with zero attached hydrogens (tertiary/aromatic N) is 5. The van der Waals surface area contributed by atoms with E-state index in [1.165, 1.54) is 3.57 Å². The molecule has 0 aliphatic carbocycles. The predicted molar refractivity (Wildman–Crippen MR) is 109 cm³/mol. The van der Waals surface area contributed by atoms with E-state index in [4.69, 9.17) is 0 Å². The summed E-state index contributed by atoms with van der Waals surface area (Å²) in [6.07, 6.45) is 3.58. The van der Waals surface area contributed by atoms with Crippen molar-refractivity contribution >= 4 is 34.4 Å². The van der Waals surface area contributed by atoms with Crippen molar-refractivity contribution in [3.05, 3.63) is 51.4 Å². The first kappa shape index (κ1) is 17.7. The quantitative estimate of drug-likeness (QED) is 0.653. The average Bonchev–Trinajstić information content (AvgIpc) is 2.64. The van der Waals surface area contributed by atoms with E-state index in [1.807, 2.05) is 36.1 Å². The lowest BCUT2D eigenvalue weighted by molar-refractivity contribution is 0.0246. The van der Waals surface area contributed by atoms with Crippen molar-refractivity contribution in [1.82, 2.24) is 19.8 Å². The third kappa shape index (κ3) is 3.55. The molecule has 26 heavy (non-hydrogen) atoms. The second-order valence-electron chi connectivity index (χ2n) is 6.90. The summed E-state index contributed by atoms with van der Waals surface area (Å²) in [6, 6.07) is 8.27. The minimum atomic E-state index is 0.150. The van der Waals surface area contributed by atoms with Gasteiger partial charge >= 0.3 is 0 Å². The molecule has 2 fully saturated rings. The standard InChI is InChI=1S/C19H22IN5O/c1-14-11-15(3-4-17(14)20)18(26)25-12-16(13-25)23-7-9-24(10-8-23)19-21-5-2-6-22-19/h2-6,11,16H,7-10,12-13H2,1H3. The number of carbonyl (C=O) groups is 1. The SMILES string of the molecule is Cc1cc(C(=O)N2CC(N3CCN(c4ncccn4)CC3)C2)ccc1I. The molecule has 0 atom stereocenters. The highest BCUT2D eigenvalue weighted by Gasteiger charge is 2.36. The number of rotatable bonds is 3. The molecule has 1 aromatic carbocycles. The van der Waals surface area contributed by atoms with E-state index in [-0.39, 0.29) is 5.91 Å². The van der Waals surface area contributed by atoms with Crippen LogP contribution in [0.5, 0.6) is 0 Å². The van der Waals surface area contributed by atoms with Crippen molar-refractivity contribution in [2.45, 2.75) is 13.0 Å². The van der Waals surface area contributed by atoms with Gasteiger partial charge in [-0.15, -0.1) is 0 Å². The maximum Gasteiger partial charge on any atom is 0.253 e. The number of hydrogen-bond donors (Lipinski definition) is 0. The van der Waals surface area contributed by atoms with E-state index < -0.39 is 0 Å². The Morgan fingerprint density at radius 2 is 1.81 bits per heavy atom. The first-order chi connectivity index (χ1) is 12.6. The molecule has 0 spiro atoms. The van der Waals surface area contributed by atoms with E-state index in [0.717, 1.165) is 56.3 Å². The van der Waals surface area contributed by atoms with Crippen LogP contribution in [0, 0.1) is 10.5 Å². The lowest BCUT2D eigenvalue weighted by Gasteiger charge is -2.48. The monoisotopic (exact) mass is 463 g/mol. The summed E-state index contributed by atoms with van der Waals surface area (Å²) in [5.74, 6) is 0.962. The van der Waals surface area contributed by atoms with Gasteiger partial charge in [0, 0.05) is 66.8 Å². The van der Waals surface area contributed by atoms with Crippen LogP contribution in [0.4, 0.5) is 5.95 Å². The second-order valence-corrected chi connectivity index (χ2v) is 8.06. The van der Waals surface area contributed by atoms with Gasteiger partial charge in [-0.1, -0.05) is 0 Å². The molecule has 0 bridgehead atoms. The molecule has 0 radical (unpaired) electrons. The van der Waals surface area contributed by atoms with E-state index in [2.05, 4.69) is 42.4 Å². The van der Waals surface area contributed by atoms with Gasteiger partial charge in [-0.3, -0.25) is 9.69 Å². The zero-order chi connectivity index (χ0) is 18.1. The Morgan fingerprint density at radius 3 is 2.46 bits per heavy atom. The summed E-state index contributed by atoms with van der Waals surface area (Å²) in [6.45, 7) is 7.56. The van der Waals surface area contributed by atoms with E-state index >= 15 is 0 Å². The molecule has 2 aliphatic heterocycles. The first-order valence-electron chi connectivity index (χ1n) is 8.93. The lowest BCUT2D eigenvalue weighted by Crippen LogP contribution is -2.64. The van der Waals surface area contributed by atoms with Gasteiger partial charge in [-0.05, 0) is 59.3 Å². The molecule has 1 aromatic heterocycles. The van der Waals surface area contributed by atoms with Crippen LogP contribution >= 0.6 is 22.6 Å². The van der Waals surface area contributed by atoms with E-state index in [0.29, 0.717) is 6.04 Å². The van der Waals surface area contributed by atoms with E-state index in [1.54, 1.807) is 12.4 Å². The van der Waals surface area contributed by atoms with Crippen LogP contribution < -0.4 is 4.90 Å². The number of benzene rings is 1. The number of halogens is 1. The van der Waals surface area contributed by atoms with Crippen LogP contribution in [-0.4, -0.2) is 71.0 Å². The molecular weight excluding hydrogens is 441 g/mol. The highest BCUT2D eigenvalue weighted by atomic mass is 127. The van der Waals surface area contributed by atoms with Gasteiger partial charge in [0.25, 0.3) is 5.91 Å². The molecule has 0 N–H and O–H groups in total. The number of aryl methyl sites for hydroxylation is 1. The molecule has 0 saturated carbocycles. The second kappa shape index (κ2) is 7.48. The maximum absolute atomic E-state index is 12.6. The molecule has 2 aliphatic rings. The Hall–Kier alpha value is -1.74. The summed E-state index contributed by atoms with van der Waals surface area (Å²) >= 11 is 2.30. The number of amides is 1. The number of anilines is 1. The lowest BCUT2D eigenvalue weighted by atomic mass is 10.0. The average molecular weight is 463 g/mol. The van der Waals surface area contributed by atoms with Gasteiger partial charge < -0.3 is 9.80 Å². The summed E-state index contributed by atoms with van der Waals surface area (Å²) in [5, 5.41) is 0. The Kier molecular flexibility index (Phi) is 5.08. The Balaban J connectivity index is 1.29. The molecule has 3 heterocycles. The zero-order valence-corrected chi connectivity index (χ0v) is 17.0. The Labute approximate surface area is 167 Å². The normalized spacial score (nSPS) is 18.7. The maximum atomic E-state index is 12.6. The fraction of sp³-hybridized carbons (Fsp3) is 0.421. The largest absolute Gasteiger partial charge is 0.338 e. The Morgan fingerprint density at radius 1 is 1.12 bits per heavy atom. The van der Waals surface area contributed by atoms with Crippen molar-refractivity contribution in [3.63, 3.8) is 0 Å². The molecule has 7 heteroatoms. The fourth-order valence-electron chi connectivity index (χ4n) is 3.55. The molecule has 2 saturated heterocycles. The molecule has 0 unspecified atom stereocenters.